The van der Waals surface area contributed by atoms with E-state index in [1.54, 1.807) is 13.0 Å². The molecule has 120 valence electrons. The molecule has 1 aromatic rings. The molecule has 1 aromatic carbocycles. The van der Waals surface area contributed by atoms with Crippen molar-refractivity contribution in [3.8, 4) is 0 Å². The number of halogens is 1. The lowest BCUT2D eigenvalue weighted by Gasteiger charge is -2.27. The Kier molecular flexibility index (Phi) is 4.49. The monoisotopic (exact) mass is 344 g/mol. The Morgan fingerprint density at radius 1 is 1.41 bits per heavy atom. The van der Waals surface area contributed by atoms with Crippen LogP contribution in [0.25, 0.3) is 0 Å². The number of amides is 2. The number of nitrogens with zero attached hydrogens (tertiary/aromatic N) is 1. The summed E-state index contributed by atoms with van der Waals surface area (Å²) in [5.41, 5.74) is 0.512. The maximum Gasteiger partial charge on any atom is 0.245 e. The van der Waals surface area contributed by atoms with Gasteiger partial charge in [0, 0.05) is 19.0 Å². The molecule has 0 bridgehead atoms. The minimum atomic E-state index is -3.44. The molecular weight excluding hydrogens is 328 g/mol. The van der Waals surface area contributed by atoms with Crippen molar-refractivity contribution in [2.75, 3.05) is 12.8 Å². The average molecular weight is 345 g/mol. The molecule has 0 saturated carbocycles. The zero-order valence-corrected chi connectivity index (χ0v) is 14.0. The summed E-state index contributed by atoms with van der Waals surface area (Å²) in [6, 6.07) is 3.21. The van der Waals surface area contributed by atoms with E-state index < -0.39 is 21.9 Å². The average Bonchev–Trinajstić information content (AvgIpc) is 2.67. The van der Waals surface area contributed by atoms with Crippen LogP contribution in [0.4, 0.5) is 0 Å². The fourth-order valence-electron chi connectivity index (χ4n) is 2.60. The summed E-state index contributed by atoms with van der Waals surface area (Å²) in [4.78, 5) is 25.0. The number of hydrogen-bond donors (Lipinski definition) is 1. The van der Waals surface area contributed by atoms with E-state index in [1.165, 1.54) is 31.0 Å². The number of nitrogens with one attached hydrogen (secondary N) is 1. The number of hydrogen-bond acceptors (Lipinski definition) is 4. The van der Waals surface area contributed by atoms with Gasteiger partial charge >= 0.3 is 0 Å². The van der Waals surface area contributed by atoms with Crippen molar-refractivity contribution < 1.29 is 18.0 Å². The Morgan fingerprint density at radius 3 is 2.64 bits per heavy atom. The minimum absolute atomic E-state index is 0.183. The molecule has 1 aliphatic rings. The van der Waals surface area contributed by atoms with Crippen molar-refractivity contribution in [3.05, 3.63) is 28.8 Å². The Hall–Kier alpha value is -1.60. The highest BCUT2D eigenvalue weighted by molar-refractivity contribution is 7.91. The zero-order valence-electron chi connectivity index (χ0n) is 12.5. The molecule has 0 aromatic heterocycles. The van der Waals surface area contributed by atoms with Crippen LogP contribution in [0, 0.1) is 0 Å². The summed E-state index contributed by atoms with van der Waals surface area (Å²) < 4.78 is 24.4. The molecule has 6 nitrogen and oxygen atoms in total. The molecule has 0 unspecified atom stereocenters. The van der Waals surface area contributed by atoms with Gasteiger partial charge in [0.1, 0.15) is 6.04 Å². The third-order valence-electron chi connectivity index (χ3n) is 3.65. The number of fused-ring (bicyclic) bond motifs is 1. The highest BCUT2D eigenvalue weighted by atomic mass is 35.5. The van der Waals surface area contributed by atoms with Gasteiger partial charge in [-0.25, -0.2) is 8.42 Å². The first-order valence-electron chi connectivity index (χ1n) is 6.69. The molecular formula is C14H17ClN2O4S. The first-order chi connectivity index (χ1) is 10.1. The molecule has 0 radical (unpaired) electrons. The summed E-state index contributed by atoms with van der Waals surface area (Å²) in [5.74, 6) is -0.863. The second-order valence-electron chi connectivity index (χ2n) is 5.35. The second kappa shape index (κ2) is 5.89. The van der Waals surface area contributed by atoms with Crippen LogP contribution < -0.4 is 5.32 Å². The van der Waals surface area contributed by atoms with Gasteiger partial charge in [0.25, 0.3) is 0 Å². The number of sulfone groups is 1. The maximum atomic E-state index is 12.4. The van der Waals surface area contributed by atoms with Crippen molar-refractivity contribution in [2.24, 2.45) is 0 Å². The number of carbonyl (C=O) groups excluding carboxylic acids is 2. The van der Waals surface area contributed by atoms with E-state index in [2.05, 4.69) is 5.32 Å². The Labute approximate surface area is 134 Å². The maximum absolute atomic E-state index is 12.4. The number of carbonyl (C=O) groups is 2. The quantitative estimate of drug-likeness (QED) is 0.891. The lowest BCUT2D eigenvalue weighted by Crippen LogP contribution is -2.46. The normalized spacial score (nSPS) is 20.1. The Balaban J connectivity index is 2.33. The van der Waals surface area contributed by atoms with Gasteiger partial charge in [-0.1, -0.05) is 11.6 Å². The molecule has 1 aliphatic heterocycles. The number of likely N-dealkylation sites (N-methyl/N-ethyl adjacent to an activating group) is 1. The van der Waals surface area contributed by atoms with Gasteiger partial charge in [0.2, 0.25) is 11.8 Å². The van der Waals surface area contributed by atoms with Crippen LogP contribution in [0.5, 0.6) is 0 Å². The lowest BCUT2D eigenvalue weighted by atomic mass is 10.1. The largest absolute Gasteiger partial charge is 0.345 e. The predicted molar refractivity (Wildman–Crippen MR) is 82.3 cm³/mol. The highest BCUT2D eigenvalue weighted by Gasteiger charge is 2.39. The molecule has 2 amide bonds. The SMILES string of the molecule is CC(=O)N[C@@H](C)C(=O)N(C)[C@@H]1CS(=O)(=O)c2ccc(Cl)cc21. The summed E-state index contributed by atoms with van der Waals surface area (Å²) >= 11 is 5.94. The van der Waals surface area contributed by atoms with E-state index in [-0.39, 0.29) is 22.5 Å². The minimum Gasteiger partial charge on any atom is -0.345 e. The molecule has 0 saturated heterocycles. The van der Waals surface area contributed by atoms with E-state index in [1.807, 2.05) is 0 Å². The summed E-state index contributed by atoms with van der Waals surface area (Å²) in [6.45, 7) is 2.88. The predicted octanol–water partition coefficient (Wildman–Crippen LogP) is 1.15. The Bertz CT molecular complexity index is 732. The van der Waals surface area contributed by atoms with Gasteiger partial charge in [-0.2, -0.15) is 0 Å². The van der Waals surface area contributed by atoms with Crippen molar-refractivity contribution in [3.63, 3.8) is 0 Å². The molecule has 1 N–H and O–H groups in total. The standard InChI is InChI=1S/C14H17ClN2O4S/c1-8(16-9(2)18)14(19)17(3)12-7-22(20,21)13-5-4-10(15)6-11(12)13/h4-6,8,12H,7H2,1-3H3,(H,16,18)/t8-,12+/m0/s1. The van der Waals surface area contributed by atoms with Crippen molar-refractivity contribution in [1.82, 2.24) is 10.2 Å². The first kappa shape index (κ1) is 16.8. The molecule has 2 rings (SSSR count). The second-order valence-corrected chi connectivity index (χ2v) is 7.79. The molecule has 0 fully saturated rings. The fourth-order valence-corrected chi connectivity index (χ4v) is 4.60. The summed E-state index contributed by atoms with van der Waals surface area (Å²) in [7, 11) is -1.91. The van der Waals surface area contributed by atoms with Crippen molar-refractivity contribution >= 4 is 33.3 Å². The molecule has 22 heavy (non-hydrogen) atoms. The van der Waals surface area contributed by atoms with Gasteiger partial charge in [-0.05, 0) is 30.7 Å². The highest BCUT2D eigenvalue weighted by Crippen LogP contribution is 2.38. The smallest absolute Gasteiger partial charge is 0.245 e. The zero-order chi connectivity index (χ0) is 16.7. The van der Waals surface area contributed by atoms with E-state index in [0.29, 0.717) is 10.6 Å². The van der Waals surface area contributed by atoms with Crippen molar-refractivity contribution in [2.45, 2.75) is 30.8 Å². The van der Waals surface area contributed by atoms with Crippen LogP contribution in [-0.2, 0) is 19.4 Å². The van der Waals surface area contributed by atoms with E-state index in [9.17, 15) is 18.0 Å². The van der Waals surface area contributed by atoms with Crippen LogP contribution in [0.3, 0.4) is 0 Å². The lowest BCUT2D eigenvalue weighted by molar-refractivity contribution is -0.136. The van der Waals surface area contributed by atoms with Gasteiger partial charge < -0.3 is 10.2 Å². The van der Waals surface area contributed by atoms with Crippen LogP contribution >= 0.6 is 11.6 Å². The first-order valence-corrected chi connectivity index (χ1v) is 8.72. The molecule has 0 aliphatic carbocycles. The van der Waals surface area contributed by atoms with Crippen LogP contribution in [0.15, 0.2) is 23.1 Å². The van der Waals surface area contributed by atoms with Gasteiger partial charge in [-0.15, -0.1) is 0 Å². The number of rotatable bonds is 3. The van der Waals surface area contributed by atoms with Crippen LogP contribution in [-0.4, -0.2) is 44.0 Å². The Morgan fingerprint density at radius 2 is 2.05 bits per heavy atom. The summed E-state index contributed by atoms with van der Waals surface area (Å²) in [6.07, 6.45) is 0. The van der Waals surface area contributed by atoms with Gasteiger partial charge in [0.15, 0.2) is 9.84 Å². The van der Waals surface area contributed by atoms with E-state index in [4.69, 9.17) is 11.6 Å². The van der Waals surface area contributed by atoms with Gasteiger partial charge in [-0.3, -0.25) is 9.59 Å². The van der Waals surface area contributed by atoms with Crippen molar-refractivity contribution in [1.29, 1.82) is 0 Å². The van der Waals surface area contributed by atoms with E-state index in [0.717, 1.165) is 0 Å². The van der Waals surface area contributed by atoms with Gasteiger partial charge in [0.05, 0.1) is 16.7 Å². The van der Waals surface area contributed by atoms with Crippen LogP contribution in [0.2, 0.25) is 5.02 Å². The third-order valence-corrected chi connectivity index (χ3v) is 5.68. The summed E-state index contributed by atoms with van der Waals surface area (Å²) in [5, 5.41) is 2.91. The molecule has 1 heterocycles. The molecule has 2 atom stereocenters. The molecule has 8 heteroatoms. The van der Waals surface area contributed by atoms with Crippen LogP contribution in [0.1, 0.15) is 25.5 Å². The topological polar surface area (TPSA) is 83.6 Å². The molecule has 0 spiro atoms. The third kappa shape index (κ3) is 3.10. The fraction of sp³-hybridized carbons (Fsp3) is 0.429. The van der Waals surface area contributed by atoms with E-state index >= 15 is 0 Å². The number of benzene rings is 1.